The summed E-state index contributed by atoms with van der Waals surface area (Å²) in [5.74, 6) is -0.345. The monoisotopic (exact) mass is 471 g/mol. The van der Waals surface area contributed by atoms with E-state index in [0.29, 0.717) is 29.9 Å². The zero-order valence-corrected chi connectivity index (χ0v) is 18.7. The van der Waals surface area contributed by atoms with Crippen molar-refractivity contribution < 1.29 is 19.3 Å². The molecule has 35 heavy (non-hydrogen) atoms. The number of piperazine rings is 1. The fraction of sp³-hybridized carbons (Fsp3) is 0.240. The van der Waals surface area contributed by atoms with Crippen molar-refractivity contribution in [3.05, 3.63) is 76.3 Å². The molecule has 0 radical (unpaired) electrons. The number of carbonyl (C=O) groups is 3. The molecule has 3 aliphatic rings. The number of amides is 5. The molecule has 1 N–H and O–H groups in total. The molecule has 0 aromatic heterocycles. The quantitative estimate of drug-likeness (QED) is 0.354. The smallest absolute Gasteiger partial charge is 0.317 e. The normalized spacial score (nSPS) is 22.8. The molecule has 3 aromatic carbocycles. The van der Waals surface area contributed by atoms with Crippen LogP contribution >= 0.6 is 0 Å². The van der Waals surface area contributed by atoms with Gasteiger partial charge < -0.3 is 15.1 Å². The van der Waals surface area contributed by atoms with E-state index in [0.717, 1.165) is 10.8 Å². The maximum Gasteiger partial charge on any atom is 0.332 e. The Labute approximate surface area is 199 Å². The van der Waals surface area contributed by atoms with Gasteiger partial charge in [-0.15, -0.1) is 0 Å². The number of imide groups is 1. The van der Waals surface area contributed by atoms with Crippen LogP contribution in [0.3, 0.4) is 0 Å². The third-order valence-electron chi connectivity index (χ3n) is 7.19. The zero-order valence-electron chi connectivity index (χ0n) is 18.7. The highest BCUT2D eigenvalue weighted by Crippen LogP contribution is 2.43. The molecule has 3 atom stereocenters. The minimum atomic E-state index is -0.752. The average Bonchev–Trinajstić information content (AvgIpc) is 3.51. The molecule has 3 aliphatic heterocycles. The molecule has 1 unspecified atom stereocenters. The number of rotatable bonds is 3. The van der Waals surface area contributed by atoms with Gasteiger partial charge in [-0.2, -0.15) is 0 Å². The maximum absolute atomic E-state index is 13.5. The van der Waals surface area contributed by atoms with Crippen molar-refractivity contribution in [2.24, 2.45) is 0 Å². The second-order valence-corrected chi connectivity index (χ2v) is 9.10. The number of carbonyl (C=O) groups excluding carboxylic acids is 3. The Morgan fingerprint density at radius 1 is 1.09 bits per heavy atom. The first-order valence-corrected chi connectivity index (χ1v) is 11.3. The first-order chi connectivity index (χ1) is 16.8. The van der Waals surface area contributed by atoms with E-state index in [9.17, 15) is 24.5 Å². The third-order valence-corrected chi connectivity index (χ3v) is 7.19. The predicted octanol–water partition coefficient (Wildman–Crippen LogP) is 3.88. The SMILES string of the molecule is Cc1ccc(NC(=O)N2C[C@H]3CC2[C@@H]2C(=O)N(c4cccc5ccccc45)C(=O)N32)cc1[N+](=O)[O-]. The lowest BCUT2D eigenvalue weighted by atomic mass is 10.1. The van der Waals surface area contributed by atoms with E-state index in [2.05, 4.69) is 5.32 Å². The number of hydrogen-bond donors (Lipinski definition) is 1. The highest BCUT2D eigenvalue weighted by molar-refractivity contribution is 6.25. The van der Waals surface area contributed by atoms with Crippen LogP contribution in [0.2, 0.25) is 0 Å². The van der Waals surface area contributed by atoms with Crippen LogP contribution in [0.5, 0.6) is 0 Å². The fourth-order valence-corrected chi connectivity index (χ4v) is 5.59. The van der Waals surface area contributed by atoms with E-state index >= 15 is 0 Å². The van der Waals surface area contributed by atoms with Crippen molar-refractivity contribution in [2.75, 3.05) is 16.8 Å². The molecular weight excluding hydrogens is 450 g/mol. The number of likely N-dealkylation sites (tertiary alicyclic amines) is 1. The number of nitrogens with one attached hydrogen (secondary N) is 1. The summed E-state index contributed by atoms with van der Waals surface area (Å²) >= 11 is 0. The van der Waals surface area contributed by atoms with Crippen molar-refractivity contribution in [3.63, 3.8) is 0 Å². The maximum atomic E-state index is 13.5. The van der Waals surface area contributed by atoms with E-state index in [-0.39, 0.29) is 23.7 Å². The minimum Gasteiger partial charge on any atom is -0.317 e. The van der Waals surface area contributed by atoms with E-state index in [1.54, 1.807) is 34.9 Å². The van der Waals surface area contributed by atoms with Crippen molar-refractivity contribution in [1.82, 2.24) is 9.80 Å². The number of nitrogens with zero attached hydrogens (tertiary/aromatic N) is 4. The summed E-state index contributed by atoms with van der Waals surface area (Å²) in [5, 5.41) is 15.7. The lowest BCUT2D eigenvalue weighted by Gasteiger charge is -2.34. The van der Waals surface area contributed by atoms with Crippen molar-refractivity contribution in [2.45, 2.75) is 31.5 Å². The van der Waals surface area contributed by atoms with Gasteiger partial charge in [0.2, 0.25) is 0 Å². The first-order valence-electron chi connectivity index (χ1n) is 11.3. The molecule has 3 saturated heterocycles. The topological polar surface area (TPSA) is 116 Å². The Morgan fingerprint density at radius 2 is 1.86 bits per heavy atom. The average molecular weight is 471 g/mol. The number of fused-ring (bicyclic) bond motifs is 6. The second kappa shape index (κ2) is 7.52. The van der Waals surface area contributed by atoms with Crippen molar-refractivity contribution in [1.29, 1.82) is 0 Å². The molecule has 3 fully saturated rings. The van der Waals surface area contributed by atoms with Gasteiger partial charge in [0, 0.05) is 29.2 Å². The molecule has 0 saturated carbocycles. The summed E-state index contributed by atoms with van der Waals surface area (Å²) < 4.78 is 0. The van der Waals surface area contributed by atoms with Crippen LogP contribution in [-0.4, -0.2) is 57.4 Å². The molecule has 3 heterocycles. The van der Waals surface area contributed by atoms with E-state index in [1.165, 1.54) is 11.0 Å². The number of nitro benzene ring substituents is 1. The van der Waals surface area contributed by atoms with Gasteiger partial charge in [-0.1, -0.05) is 42.5 Å². The van der Waals surface area contributed by atoms with Gasteiger partial charge in [-0.25, -0.2) is 14.5 Å². The number of anilines is 2. The fourth-order valence-electron chi connectivity index (χ4n) is 5.59. The van der Waals surface area contributed by atoms with Crippen molar-refractivity contribution in [3.8, 4) is 0 Å². The summed E-state index contributed by atoms with van der Waals surface area (Å²) in [4.78, 5) is 55.2. The van der Waals surface area contributed by atoms with Crippen LogP contribution in [0, 0.1) is 17.0 Å². The van der Waals surface area contributed by atoms with Gasteiger partial charge in [0.25, 0.3) is 11.6 Å². The van der Waals surface area contributed by atoms with Crippen LogP contribution in [-0.2, 0) is 4.79 Å². The number of benzene rings is 3. The Morgan fingerprint density at radius 3 is 2.66 bits per heavy atom. The highest BCUT2D eigenvalue weighted by atomic mass is 16.6. The van der Waals surface area contributed by atoms with Gasteiger partial charge >= 0.3 is 12.1 Å². The van der Waals surface area contributed by atoms with E-state index in [4.69, 9.17) is 0 Å². The molecule has 6 rings (SSSR count). The van der Waals surface area contributed by atoms with Crippen LogP contribution in [0.4, 0.5) is 26.7 Å². The van der Waals surface area contributed by atoms with Gasteiger partial charge in [0.05, 0.1) is 22.7 Å². The van der Waals surface area contributed by atoms with Gasteiger partial charge in [0.1, 0.15) is 6.04 Å². The van der Waals surface area contributed by atoms with E-state index < -0.39 is 23.0 Å². The molecule has 3 aromatic rings. The van der Waals surface area contributed by atoms with E-state index in [1.807, 2.05) is 36.4 Å². The van der Waals surface area contributed by atoms with Crippen LogP contribution in [0.15, 0.2) is 60.7 Å². The van der Waals surface area contributed by atoms with Crippen LogP contribution < -0.4 is 10.2 Å². The highest BCUT2D eigenvalue weighted by Gasteiger charge is 2.63. The summed E-state index contributed by atoms with van der Waals surface area (Å²) in [5.41, 5.74) is 1.25. The van der Waals surface area contributed by atoms with Crippen LogP contribution in [0.25, 0.3) is 10.8 Å². The molecule has 2 bridgehead atoms. The largest absolute Gasteiger partial charge is 0.332 e. The third kappa shape index (κ3) is 3.06. The van der Waals surface area contributed by atoms with Crippen LogP contribution in [0.1, 0.15) is 12.0 Å². The number of hydrogen-bond acceptors (Lipinski definition) is 5. The predicted molar refractivity (Wildman–Crippen MR) is 128 cm³/mol. The lowest BCUT2D eigenvalue weighted by molar-refractivity contribution is -0.385. The number of urea groups is 2. The number of aryl methyl sites for hydroxylation is 1. The van der Waals surface area contributed by atoms with Gasteiger partial charge in [-0.3, -0.25) is 14.9 Å². The number of nitro groups is 1. The molecule has 0 spiro atoms. The summed E-state index contributed by atoms with van der Waals surface area (Å²) in [6.07, 6.45) is 0.521. The molecule has 0 aliphatic carbocycles. The lowest BCUT2D eigenvalue weighted by Crippen LogP contribution is -2.55. The Hall–Kier alpha value is -4.47. The molecule has 10 heteroatoms. The van der Waals surface area contributed by atoms with Gasteiger partial charge in [0.15, 0.2) is 0 Å². The summed E-state index contributed by atoms with van der Waals surface area (Å²) in [6, 6.07) is 15.3. The van der Waals surface area contributed by atoms with Gasteiger partial charge in [-0.05, 0) is 30.9 Å². The summed E-state index contributed by atoms with van der Waals surface area (Å²) in [6.45, 7) is 1.92. The molecule has 5 amide bonds. The second-order valence-electron chi connectivity index (χ2n) is 9.10. The summed E-state index contributed by atoms with van der Waals surface area (Å²) in [7, 11) is 0. The standard InChI is InChI=1S/C25H21N5O5/c1-14-9-10-16(11-20(14)30(34)35)26-24(32)27-13-17-12-21(27)22-23(31)29(25(33)28(17)22)19-8-4-6-15-5-2-3-7-18(15)19/h2-11,17,21-22H,12-13H2,1H3,(H,26,32)/t17-,21?,22-/m1/s1. The Balaban J connectivity index is 1.27. The minimum absolute atomic E-state index is 0.0841. The molecule has 10 nitrogen and oxygen atoms in total. The zero-order chi connectivity index (χ0) is 24.4. The first kappa shape index (κ1) is 21.1. The molecular formula is C25H21N5O5. The van der Waals surface area contributed by atoms with Crippen molar-refractivity contribution >= 4 is 45.8 Å². The Bertz CT molecular complexity index is 1430. The molecule has 176 valence electrons. The Kier molecular flexibility index (Phi) is 4.53.